The van der Waals surface area contributed by atoms with Crippen LogP contribution in [0.25, 0.3) is 0 Å². The normalized spacial score (nSPS) is 40.5. The second kappa shape index (κ2) is 5.50. The molecule has 0 aromatic rings. The average Bonchev–Trinajstić information content (AvgIpc) is 2.77. The third-order valence-corrected chi connectivity index (χ3v) is 4.98. The van der Waals surface area contributed by atoms with Crippen LogP contribution in [0, 0.1) is 5.92 Å². The quantitative estimate of drug-likeness (QED) is 0.793. The summed E-state index contributed by atoms with van der Waals surface area (Å²) in [6.45, 7) is 2.45. The zero-order valence-electron chi connectivity index (χ0n) is 11.2. The molecular weight excluding hydrogens is 196 g/mol. The smallest absolute Gasteiger partial charge is 0.0121 e. The van der Waals surface area contributed by atoms with Crippen LogP contribution in [0.15, 0.2) is 0 Å². The molecule has 94 valence electrons. The highest BCUT2D eigenvalue weighted by Crippen LogP contribution is 2.32. The van der Waals surface area contributed by atoms with E-state index in [0.29, 0.717) is 0 Å². The van der Waals surface area contributed by atoms with Crippen LogP contribution in [-0.4, -0.2) is 37.1 Å². The molecule has 2 fully saturated rings. The molecule has 0 spiro atoms. The molecule has 0 saturated heterocycles. The minimum absolute atomic E-state index is 0.770. The number of nitrogens with one attached hydrogen (secondary N) is 1. The molecule has 2 heteroatoms. The molecule has 0 heterocycles. The standard InChI is InChI=1S/C14H28N2/c1-11-6-4-5-7-14(11)16(3)13-9-8-12(10-13)15-2/h11-15H,4-10H2,1-3H3. The van der Waals surface area contributed by atoms with Crippen molar-refractivity contribution >= 4 is 0 Å². The van der Waals surface area contributed by atoms with Gasteiger partial charge < -0.3 is 10.2 Å². The van der Waals surface area contributed by atoms with E-state index in [1.807, 2.05) is 0 Å². The predicted molar refractivity (Wildman–Crippen MR) is 69.7 cm³/mol. The molecule has 0 amide bonds. The fourth-order valence-electron chi connectivity index (χ4n) is 3.76. The van der Waals surface area contributed by atoms with E-state index in [0.717, 1.165) is 24.0 Å². The fourth-order valence-corrected chi connectivity index (χ4v) is 3.76. The Labute approximate surface area is 101 Å². The molecule has 0 aromatic heterocycles. The van der Waals surface area contributed by atoms with Crippen LogP contribution in [0.3, 0.4) is 0 Å². The average molecular weight is 224 g/mol. The molecule has 16 heavy (non-hydrogen) atoms. The highest BCUT2D eigenvalue weighted by Gasteiger charge is 2.33. The lowest BCUT2D eigenvalue weighted by Crippen LogP contribution is -2.44. The topological polar surface area (TPSA) is 15.3 Å². The van der Waals surface area contributed by atoms with E-state index in [2.05, 4.69) is 31.2 Å². The minimum Gasteiger partial charge on any atom is -0.317 e. The lowest BCUT2D eigenvalue weighted by atomic mass is 9.84. The zero-order chi connectivity index (χ0) is 11.5. The largest absolute Gasteiger partial charge is 0.317 e. The molecule has 2 nitrogen and oxygen atoms in total. The van der Waals surface area contributed by atoms with Gasteiger partial charge in [0.25, 0.3) is 0 Å². The van der Waals surface area contributed by atoms with E-state index < -0.39 is 0 Å². The van der Waals surface area contributed by atoms with Crippen molar-refractivity contribution in [2.75, 3.05) is 14.1 Å². The summed E-state index contributed by atoms with van der Waals surface area (Å²) in [5.41, 5.74) is 0. The van der Waals surface area contributed by atoms with Gasteiger partial charge in [-0.15, -0.1) is 0 Å². The van der Waals surface area contributed by atoms with Crippen LogP contribution in [0.4, 0.5) is 0 Å². The minimum atomic E-state index is 0.770. The van der Waals surface area contributed by atoms with E-state index in [-0.39, 0.29) is 0 Å². The molecular formula is C14H28N2. The summed E-state index contributed by atoms with van der Waals surface area (Å²) in [7, 11) is 4.48. The van der Waals surface area contributed by atoms with E-state index >= 15 is 0 Å². The van der Waals surface area contributed by atoms with Crippen molar-refractivity contribution in [1.82, 2.24) is 10.2 Å². The first kappa shape index (κ1) is 12.4. The first-order valence-corrected chi connectivity index (χ1v) is 7.11. The maximum absolute atomic E-state index is 3.44. The number of rotatable bonds is 3. The predicted octanol–water partition coefficient (Wildman–Crippen LogP) is 2.64. The van der Waals surface area contributed by atoms with Crippen LogP contribution < -0.4 is 5.32 Å². The highest BCUT2D eigenvalue weighted by molar-refractivity contribution is 4.90. The highest BCUT2D eigenvalue weighted by atomic mass is 15.2. The second-order valence-electron chi connectivity index (χ2n) is 5.95. The van der Waals surface area contributed by atoms with E-state index in [1.54, 1.807) is 0 Å². The van der Waals surface area contributed by atoms with Crippen LogP contribution in [0.2, 0.25) is 0 Å². The molecule has 0 aromatic carbocycles. The third kappa shape index (κ3) is 2.60. The first-order valence-electron chi connectivity index (χ1n) is 7.11. The molecule has 2 aliphatic rings. The summed E-state index contributed by atoms with van der Waals surface area (Å²) in [4.78, 5) is 2.71. The van der Waals surface area contributed by atoms with Gasteiger partial charge in [0.15, 0.2) is 0 Å². The van der Waals surface area contributed by atoms with Gasteiger partial charge in [0, 0.05) is 18.1 Å². The SMILES string of the molecule is CNC1CCC(N(C)C2CCCCC2C)C1. The summed E-state index contributed by atoms with van der Waals surface area (Å²) in [6.07, 6.45) is 9.89. The van der Waals surface area contributed by atoms with Crippen molar-refractivity contribution in [3.8, 4) is 0 Å². The van der Waals surface area contributed by atoms with Crippen LogP contribution in [0.5, 0.6) is 0 Å². The van der Waals surface area contributed by atoms with E-state index in [4.69, 9.17) is 0 Å². The van der Waals surface area contributed by atoms with Gasteiger partial charge in [0.05, 0.1) is 0 Å². The summed E-state index contributed by atoms with van der Waals surface area (Å²) < 4.78 is 0. The number of hydrogen-bond acceptors (Lipinski definition) is 2. The Hall–Kier alpha value is -0.0800. The lowest BCUT2D eigenvalue weighted by Gasteiger charge is -2.39. The molecule has 1 N–H and O–H groups in total. The third-order valence-electron chi connectivity index (χ3n) is 4.98. The molecule has 0 radical (unpaired) electrons. The Balaban J connectivity index is 1.88. The maximum atomic E-state index is 3.44. The molecule has 0 bridgehead atoms. The summed E-state index contributed by atoms with van der Waals surface area (Å²) in [5.74, 6) is 0.910. The van der Waals surface area contributed by atoms with Gasteiger partial charge in [-0.3, -0.25) is 0 Å². The molecule has 0 aliphatic heterocycles. The van der Waals surface area contributed by atoms with Gasteiger partial charge in [-0.1, -0.05) is 19.8 Å². The molecule has 2 rings (SSSR count). The molecule has 4 atom stereocenters. The Morgan fingerprint density at radius 1 is 1.06 bits per heavy atom. The van der Waals surface area contributed by atoms with Crippen molar-refractivity contribution in [3.05, 3.63) is 0 Å². The molecule has 4 unspecified atom stereocenters. The maximum Gasteiger partial charge on any atom is 0.0121 e. The summed E-state index contributed by atoms with van der Waals surface area (Å²) >= 11 is 0. The summed E-state index contributed by atoms with van der Waals surface area (Å²) in [5, 5.41) is 3.44. The van der Waals surface area contributed by atoms with Gasteiger partial charge in [-0.05, 0) is 52.1 Å². The first-order chi connectivity index (χ1) is 7.72. The molecule has 2 saturated carbocycles. The van der Waals surface area contributed by atoms with Crippen LogP contribution in [-0.2, 0) is 0 Å². The van der Waals surface area contributed by atoms with Crippen molar-refractivity contribution in [2.45, 2.75) is 70.0 Å². The molecule has 2 aliphatic carbocycles. The summed E-state index contributed by atoms with van der Waals surface area (Å²) in [6, 6.07) is 2.46. The van der Waals surface area contributed by atoms with Gasteiger partial charge in [-0.2, -0.15) is 0 Å². The monoisotopic (exact) mass is 224 g/mol. The Morgan fingerprint density at radius 3 is 2.44 bits per heavy atom. The van der Waals surface area contributed by atoms with Gasteiger partial charge in [-0.25, -0.2) is 0 Å². The zero-order valence-corrected chi connectivity index (χ0v) is 11.2. The van der Waals surface area contributed by atoms with Crippen molar-refractivity contribution in [3.63, 3.8) is 0 Å². The van der Waals surface area contributed by atoms with Crippen molar-refractivity contribution in [2.24, 2.45) is 5.92 Å². The van der Waals surface area contributed by atoms with Crippen molar-refractivity contribution < 1.29 is 0 Å². The lowest BCUT2D eigenvalue weighted by molar-refractivity contribution is 0.0976. The van der Waals surface area contributed by atoms with Crippen LogP contribution in [0.1, 0.15) is 51.9 Å². The number of nitrogens with zero attached hydrogens (tertiary/aromatic N) is 1. The fraction of sp³-hybridized carbons (Fsp3) is 1.00. The second-order valence-corrected chi connectivity index (χ2v) is 5.95. The van der Waals surface area contributed by atoms with Gasteiger partial charge in [0.2, 0.25) is 0 Å². The Morgan fingerprint density at radius 2 is 1.81 bits per heavy atom. The van der Waals surface area contributed by atoms with Gasteiger partial charge >= 0.3 is 0 Å². The number of hydrogen-bond donors (Lipinski definition) is 1. The van der Waals surface area contributed by atoms with Crippen molar-refractivity contribution in [1.29, 1.82) is 0 Å². The Kier molecular flexibility index (Phi) is 4.26. The van der Waals surface area contributed by atoms with E-state index in [1.165, 1.54) is 44.9 Å². The Bertz CT molecular complexity index is 217. The van der Waals surface area contributed by atoms with Crippen LogP contribution >= 0.6 is 0 Å². The van der Waals surface area contributed by atoms with Gasteiger partial charge in [0.1, 0.15) is 0 Å². The van der Waals surface area contributed by atoms with E-state index in [9.17, 15) is 0 Å².